The number of benzene rings is 1. The summed E-state index contributed by atoms with van der Waals surface area (Å²) >= 11 is 0. The first-order chi connectivity index (χ1) is 6.09. The summed E-state index contributed by atoms with van der Waals surface area (Å²) < 4.78 is 30.7. The minimum atomic E-state index is -3.98. The summed E-state index contributed by atoms with van der Waals surface area (Å²) in [4.78, 5) is 0. The van der Waals surface area contributed by atoms with E-state index in [2.05, 4.69) is 5.32 Å². The first-order valence-corrected chi connectivity index (χ1v) is 5.38. The van der Waals surface area contributed by atoms with Crippen molar-refractivity contribution in [2.75, 3.05) is 11.9 Å². The van der Waals surface area contributed by atoms with Crippen LogP contribution in [0.2, 0.25) is 0 Å². The average molecular weight is 199 g/mol. The van der Waals surface area contributed by atoms with Crippen LogP contribution in [0.3, 0.4) is 0 Å². The van der Waals surface area contributed by atoms with E-state index in [9.17, 15) is 8.42 Å². The van der Waals surface area contributed by atoms with E-state index in [4.69, 9.17) is 4.55 Å². The number of nitrogens with one attached hydrogen (secondary N) is 1. The molecule has 0 aliphatic carbocycles. The smallest absolute Gasteiger partial charge is 0.273 e. The summed E-state index contributed by atoms with van der Waals surface area (Å²) in [6, 6.07) is 7.07. The first-order valence-electron chi connectivity index (χ1n) is 3.88. The third-order valence-electron chi connectivity index (χ3n) is 2.15. The van der Waals surface area contributed by atoms with E-state index >= 15 is 0 Å². The van der Waals surface area contributed by atoms with Gasteiger partial charge in [-0.2, -0.15) is 8.42 Å². The Morgan fingerprint density at radius 1 is 1.38 bits per heavy atom. The highest BCUT2D eigenvalue weighted by molar-refractivity contribution is 7.86. The van der Waals surface area contributed by atoms with Crippen LogP contribution in [0.5, 0.6) is 0 Å². The summed E-state index contributed by atoms with van der Waals surface area (Å²) in [7, 11) is -3.98. The van der Waals surface area contributed by atoms with Crippen LogP contribution >= 0.6 is 0 Å². The number of rotatable bonds is 1. The largest absolute Gasteiger partial charge is 0.383 e. The summed E-state index contributed by atoms with van der Waals surface area (Å²) in [6.45, 7) is 0.248. The van der Waals surface area contributed by atoms with Crippen molar-refractivity contribution in [2.24, 2.45) is 0 Å². The van der Waals surface area contributed by atoms with Crippen molar-refractivity contribution >= 4 is 15.8 Å². The molecular formula is C8H9NO3S. The zero-order valence-corrected chi connectivity index (χ0v) is 7.58. The van der Waals surface area contributed by atoms with Crippen molar-refractivity contribution in [3.8, 4) is 0 Å². The van der Waals surface area contributed by atoms with Crippen LogP contribution in [-0.2, 0) is 10.1 Å². The number of fused-ring (bicyclic) bond motifs is 1. The van der Waals surface area contributed by atoms with Crippen molar-refractivity contribution in [3.05, 3.63) is 29.8 Å². The van der Waals surface area contributed by atoms with Crippen molar-refractivity contribution in [2.45, 2.75) is 5.25 Å². The Morgan fingerprint density at radius 2 is 2.08 bits per heavy atom. The maximum Gasteiger partial charge on any atom is 0.273 e. The van der Waals surface area contributed by atoms with Gasteiger partial charge in [0, 0.05) is 12.2 Å². The average Bonchev–Trinajstić information content (AvgIpc) is 2.45. The van der Waals surface area contributed by atoms with Crippen LogP contribution in [0.4, 0.5) is 5.69 Å². The summed E-state index contributed by atoms with van der Waals surface area (Å²) in [5.74, 6) is 0. The predicted octanol–water partition coefficient (Wildman–Crippen LogP) is 1.04. The summed E-state index contributed by atoms with van der Waals surface area (Å²) in [5, 5.41) is 2.10. The molecule has 1 heterocycles. The molecule has 2 N–H and O–H groups in total. The van der Waals surface area contributed by atoms with Gasteiger partial charge in [-0.25, -0.2) is 0 Å². The highest BCUT2D eigenvalue weighted by atomic mass is 32.2. The molecule has 2 rings (SSSR count). The third-order valence-corrected chi connectivity index (χ3v) is 3.28. The van der Waals surface area contributed by atoms with Crippen LogP contribution < -0.4 is 5.32 Å². The predicted molar refractivity (Wildman–Crippen MR) is 49.2 cm³/mol. The molecule has 1 atom stereocenters. The van der Waals surface area contributed by atoms with Crippen LogP contribution in [0.25, 0.3) is 0 Å². The maximum absolute atomic E-state index is 10.9. The quantitative estimate of drug-likeness (QED) is 0.663. The van der Waals surface area contributed by atoms with Crippen LogP contribution in [-0.4, -0.2) is 19.5 Å². The normalized spacial score (nSPS) is 20.8. The molecular weight excluding hydrogens is 190 g/mol. The van der Waals surface area contributed by atoms with Gasteiger partial charge in [-0.3, -0.25) is 4.55 Å². The molecule has 1 aliphatic rings. The molecule has 0 fully saturated rings. The second-order valence-electron chi connectivity index (χ2n) is 2.97. The zero-order valence-electron chi connectivity index (χ0n) is 6.77. The summed E-state index contributed by atoms with van der Waals surface area (Å²) in [5.41, 5.74) is 1.43. The van der Waals surface area contributed by atoms with E-state index in [-0.39, 0.29) is 6.54 Å². The number of para-hydroxylation sites is 1. The van der Waals surface area contributed by atoms with Gasteiger partial charge in [0.05, 0.1) is 0 Å². The monoisotopic (exact) mass is 199 g/mol. The number of anilines is 1. The van der Waals surface area contributed by atoms with Gasteiger partial charge in [0.25, 0.3) is 10.1 Å². The van der Waals surface area contributed by atoms with Crippen LogP contribution in [0, 0.1) is 0 Å². The molecule has 0 bridgehead atoms. The molecule has 70 valence electrons. The molecule has 0 amide bonds. The minimum absolute atomic E-state index is 0.248. The molecule has 1 unspecified atom stereocenters. The standard InChI is InChI=1S/C8H9NO3S/c10-13(11,12)8-5-9-7-4-2-1-3-6(7)8/h1-4,8-9H,5H2,(H,10,11,12). The lowest BCUT2D eigenvalue weighted by Crippen LogP contribution is -2.13. The van der Waals surface area contributed by atoms with E-state index in [1.165, 1.54) is 0 Å². The van der Waals surface area contributed by atoms with Gasteiger partial charge >= 0.3 is 0 Å². The molecule has 0 saturated heterocycles. The van der Waals surface area contributed by atoms with Gasteiger partial charge in [0.1, 0.15) is 5.25 Å². The molecule has 0 aromatic heterocycles. The highest BCUT2D eigenvalue weighted by Crippen LogP contribution is 2.33. The van der Waals surface area contributed by atoms with Crippen molar-refractivity contribution < 1.29 is 13.0 Å². The van der Waals surface area contributed by atoms with Gasteiger partial charge < -0.3 is 5.32 Å². The van der Waals surface area contributed by atoms with Gasteiger partial charge in [-0.1, -0.05) is 18.2 Å². The first kappa shape index (κ1) is 8.52. The van der Waals surface area contributed by atoms with Crippen LogP contribution in [0.15, 0.2) is 24.3 Å². The Balaban J connectivity index is 2.51. The molecule has 13 heavy (non-hydrogen) atoms. The Hall–Kier alpha value is -1.07. The molecule has 0 saturated carbocycles. The van der Waals surface area contributed by atoms with E-state index < -0.39 is 15.4 Å². The Morgan fingerprint density at radius 3 is 2.77 bits per heavy atom. The van der Waals surface area contributed by atoms with E-state index in [0.717, 1.165) is 5.69 Å². The van der Waals surface area contributed by atoms with Crippen molar-refractivity contribution in [1.82, 2.24) is 0 Å². The SMILES string of the molecule is O=S(=O)(O)C1CNc2ccccc21. The maximum atomic E-state index is 10.9. The number of hydrogen-bond donors (Lipinski definition) is 2. The van der Waals surface area contributed by atoms with E-state index in [1.807, 2.05) is 6.07 Å². The third kappa shape index (κ3) is 1.40. The Labute approximate surface area is 76.3 Å². The van der Waals surface area contributed by atoms with Gasteiger partial charge in [0.15, 0.2) is 0 Å². The molecule has 0 radical (unpaired) electrons. The second-order valence-corrected chi connectivity index (χ2v) is 4.57. The second kappa shape index (κ2) is 2.71. The van der Waals surface area contributed by atoms with Gasteiger partial charge in [-0.05, 0) is 11.6 Å². The zero-order chi connectivity index (χ0) is 9.47. The fourth-order valence-electron chi connectivity index (χ4n) is 1.52. The molecule has 5 heteroatoms. The van der Waals surface area contributed by atoms with Gasteiger partial charge in [-0.15, -0.1) is 0 Å². The summed E-state index contributed by atoms with van der Waals surface area (Å²) in [6.07, 6.45) is 0. The fourth-order valence-corrected chi connectivity index (χ4v) is 2.34. The fraction of sp³-hybridized carbons (Fsp3) is 0.250. The highest BCUT2D eigenvalue weighted by Gasteiger charge is 2.31. The topological polar surface area (TPSA) is 66.4 Å². The lowest BCUT2D eigenvalue weighted by Gasteiger charge is -2.04. The van der Waals surface area contributed by atoms with Crippen molar-refractivity contribution in [3.63, 3.8) is 0 Å². The van der Waals surface area contributed by atoms with Gasteiger partial charge in [0.2, 0.25) is 0 Å². The lowest BCUT2D eigenvalue weighted by atomic mass is 10.2. The molecule has 1 aromatic carbocycles. The van der Waals surface area contributed by atoms with E-state index in [1.54, 1.807) is 18.2 Å². The minimum Gasteiger partial charge on any atom is -0.383 e. The lowest BCUT2D eigenvalue weighted by molar-refractivity contribution is 0.472. The Bertz CT molecular complexity index is 427. The molecule has 1 aromatic rings. The van der Waals surface area contributed by atoms with Crippen LogP contribution in [0.1, 0.15) is 10.8 Å². The van der Waals surface area contributed by atoms with E-state index in [0.29, 0.717) is 5.56 Å². The Kier molecular flexibility index (Phi) is 1.78. The van der Waals surface area contributed by atoms with Crippen molar-refractivity contribution in [1.29, 1.82) is 0 Å². The molecule has 1 aliphatic heterocycles. The molecule has 4 nitrogen and oxygen atoms in total. The molecule has 0 spiro atoms. The number of hydrogen-bond acceptors (Lipinski definition) is 3.